The number of hydrogen-bond acceptors (Lipinski definition) is 5. The number of nitro benzene ring substituents is 2. The normalized spacial score (nSPS) is 17.0. The van der Waals surface area contributed by atoms with Crippen LogP contribution in [0.15, 0.2) is 59.7 Å². The van der Waals surface area contributed by atoms with Crippen LogP contribution in [0.2, 0.25) is 0 Å². The van der Waals surface area contributed by atoms with Crippen LogP contribution in [-0.4, -0.2) is 15.6 Å². The largest absolute Gasteiger partial charge is 0.289 e. The highest BCUT2D eigenvalue weighted by Crippen LogP contribution is 2.32. The molecule has 1 fully saturated rings. The zero-order chi connectivity index (χ0) is 18.7. The molecule has 130 valence electrons. The number of benzene rings is 2. The van der Waals surface area contributed by atoms with Crippen molar-refractivity contribution in [1.82, 2.24) is 0 Å². The lowest BCUT2D eigenvalue weighted by Crippen LogP contribution is -1.98. The predicted molar refractivity (Wildman–Crippen MR) is 96.4 cm³/mol. The third-order valence-corrected chi connectivity index (χ3v) is 4.17. The number of Topliss-reactive ketones (excluding diaryl/α,β-unsaturated/α-hetero) is 1. The van der Waals surface area contributed by atoms with Crippen LogP contribution in [0, 0.1) is 20.2 Å². The molecule has 0 radical (unpaired) electrons. The number of rotatable bonds is 4. The van der Waals surface area contributed by atoms with Gasteiger partial charge in [0.05, 0.1) is 21.0 Å². The summed E-state index contributed by atoms with van der Waals surface area (Å²) in [5.41, 5.74) is 1.53. The molecular formula is C19H14N2O5. The van der Waals surface area contributed by atoms with Crippen LogP contribution in [0.4, 0.5) is 11.4 Å². The number of hydrogen-bond donors (Lipinski definition) is 0. The fraction of sp³-hybridized carbons (Fsp3) is 0.105. The van der Waals surface area contributed by atoms with Crippen molar-refractivity contribution in [3.8, 4) is 0 Å². The van der Waals surface area contributed by atoms with Gasteiger partial charge in [-0.3, -0.25) is 25.0 Å². The van der Waals surface area contributed by atoms with E-state index < -0.39 is 9.85 Å². The first kappa shape index (κ1) is 17.2. The van der Waals surface area contributed by atoms with Crippen molar-refractivity contribution < 1.29 is 14.6 Å². The average Bonchev–Trinajstić information content (AvgIpc) is 2.96. The summed E-state index contributed by atoms with van der Waals surface area (Å²) in [5.74, 6) is -0.235. The molecule has 0 aromatic heterocycles. The molecule has 26 heavy (non-hydrogen) atoms. The molecule has 0 aliphatic heterocycles. The summed E-state index contributed by atoms with van der Waals surface area (Å²) in [6.07, 6.45) is 3.94. The maximum Gasteiger partial charge on any atom is 0.276 e. The summed E-state index contributed by atoms with van der Waals surface area (Å²) in [6, 6.07) is 12.4. The molecule has 1 saturated carbocycles. The number of ketones is 1. The Balaban J connectivity index is 1.95. The van der Waals surface area contributed by atoms with Gasteiger partial charge in [-0.05, 0) is 37.1 Å². The Labute approximate surface area is 148 Å². The number of nitrogens with zero attached hydrogens (tertiary/aromatic N) is 2. The maximum absolute atomic E-state index is 12.6. The standard InChI is InChI=1S/C19H14N2O5/c22-19-15(11-13-5-1-3-7-17(13)20(23)24)9-10-16(19)12-14-6-2-4-8-18(14)21(25)26/h1-8,11-12H,9-10H2. The molecule has 0 heterocycles. The van der Waals surface area contributed by atoms with Gasteiger partial charge in [0, 0.05) is 23.3 Å². The highest BCUT2D eigenvalue weighted by Gasteiger charge is 2.25. The molecule has 7 heteroatoms. The minimum atomic E-state index is -0.490. The van der Waals surface area contributed by atoms with Crippen molar-refractivity contribution in [2.75, 3.05) is 0 Å². The molecule has 3 rings (SSSR count). The van der Waals surface area contributed by atoms with E-state index in [1.54, 1.807) is 36.4 Å². The summed E-state index contributed by atoms with van der Waals surface area (Å²) >= 11 is 0. The maximum atomic E-state index is 12.6. The molecule has 0 saturated heterocycles. The fourth-order valence-electron chi connectivity index (χ4n) is 2.91. The summed E-state index contributed by atoms with van der Waals surface area (Å²) in [4.78, 5) is 33.8. The van der Waals surface area contributed by atoms with Crippen LogP contribution in [0.1, 0.15) is 24.0 Å². The second kappa shape index (κ2) is 7.10. The van der Waals surface area contributed by atoms with Gasteiger partial charge in [-0.25, -0.2) is 0 Å². The highest BCUT2D eigenvalue weighted by molar-refractivity contribution is 6.15. The summed E-state index contributed by atoms with van der Waals surface area (Å²) < 4.78 is 0. The molecule has 0 amide bonds. The first-order valence-electron chi connectivity index (χ1n) is 7.90. The Hall–Kier alpha value is -3.61. The van der Waals surface area contributed by atoms with E-state index in [4.69, 9.17) is 0 Å². The van der Waals surface area contributed by atoms with Crippen molar-refractivity contribution >= 4 is 29.3 Å². The Kier molecular flexibility index (Phi) is 4.70. The zero-order valence-corrected chi connectivity index (χ0v) is 13.6. The van der Waals surface area contributed by atoms with Crippen LogP contribution in [-0.2, 0) is 4.79 Å². The SMILES string of the molecule is O=C1C(=Cc2ccccc2[N+](=O)[O-])CCC1=Cc1ccccc1[N+](=O)[O-]. The van der Waals surface area contributed by atoms with E-state index in [-0.39, 0.29) is 17.2 Å². The van der Waals surface area contributed by atoms with Crippen LogP contribution >= 0.6 is 0 Å². The first-order valence-corrected chi connectivity index (χ1v) is 7.90. The van der Waals surface area contributed by atoms with Gasteiger partial charge in [0.2, 0.25) is 0 Å². The van der Waals surface area contributed by atoms with Gasteiger partial charge in [-0.15, -0.1) is 0 Å². The number of carbonyl (C=O) groups excluding carboxylic acids is 1. The van der Waals surface area contributed by atoms with E-state index in [9.17, 15) is 25.0 Å². The third-order valence-electron chi connectivity index (χ3n) is 4.17. The lowest BCUT2D eigenvalue weighted by atomic mass is 10.0. The fourth-order valence-corrected chi connectivity index (χ4v) is 2.91. The van der Waals surface area contributed by atoms with Crippen molar-refractivity contribution in [1.29, 1.82) is 0 Å². The van der Waals surface area contributed by atoms with Crippen molar-refractivity contribution in [3.05, 3.63) is 91.0 Å². The molecule has 0 N–H and O–H groups in total. The number of carbonyl (C=O) groups is 1. The van der Waals surface area contributed by atoms with Crippen molar-refractivity contribution in [2.45, 2.75) is 12.8 Å². The summed E-state index contributed by atoms with van der Waals surface area (Å²) in [5, 5.41) is 22.2. The van der Waals surface area contributed by atoms with Gasteiger partial charge in [0.1, 0.15) is 0 Å². The number of allylic oxidation sites excluding steroid dienone is 2. The van der Waals surface area contributed by atoms with E-state index in [0.29, 0.717) is 35.1 Å². The van der Waals surface area contributed by atoms with Gasteiger partial charge in [0.15, 0.2) is 5.78 Å². The topological polar surface area (TPSA) is 103 Å². The molecule has 0 spiro atoms. The van der Waals surface area contributed by atoms with Crippen LogP contribution in [0.3, 0.4) is 0 Å². The van der Waals surface area contributed by atoms with Gasteiger partial charge >= 0.3 is 0 Å². The molecular weight excluding hydrogens is 336 g/mol. The molecule has 0 atom stereocenters. The summed E-state index contributed by atoms with van der Waals surface area (Å²) in [7, 11) is 0. The van der Waals surface area contributed by atoms with Gasteiger partial charge < -0.3 is 0 Å². The van der Waals surface area contributed by atoms with E-state index >= 15 is 0 Å². The molecule has 2 aromatic rings. The predicted octanol–water partition coefficient (Wildman–Crippen LogP) is 4.33. The number of para-hydroxylation sites is 2. The minimum absolute atomic E-state index is 0.0658. The Morgan fingerprint density at radius 3 is 1.50 bits per heavy atom. The molecule has 7 nitrogen and oxygen atoms in total. The number of nitro groups is 2. The first-order chi connectivity index (χ1) is 12.5. The Bertz CT molecular complexity index is 898. The Morgan fingerprint density at radius 1 is 0.731 bits per heavy atom. The van der Waals surface area contributed by atoms with Crippen LogP contribution < -0.4 is 0 Å². The third kappa shape index (κ3) is 3.41. The zero-order valence-electron chi connectivity index (χ0n) is 13.6. The average molecular weight is 350 g/mol. The molecule has 2 aromatic carbocycles. The Morgan fingerprint density at radius 2 is 1.12 bits per heavy atom. The smallest absolute Gasteiger partial charge is 0.276 e. The molecule has 1 aliphatic carbocycles. The van der Waals surface area contributed by atoms with Gasteiger partial charge in [0.25, 0.3) is 11.4 Å². The van der Waals surface area contributed by atoms with Crippen molar-refractivity contribution in [2.24, 2.45) is 0 Å². The van der Waals surface area contributed by atoms with E-state index in [2.05, 4.69) is 0 Å². The quantitative estimate of drug-likeness (QED) is 0.464. The monoisotopic (exact) mass is 350 g/mol. The van der Waals surface area contributed by atoms with Crippen molar-refractivity contribution in [3.63, 3.8) is 0 Å². The summed E-state index contributed by atoms with van der Waals surface area (Å²) in [6.45, 7) is 0. The molecule has 1 aliphatic rings. The van der Waals surface area contributed by atoms with E-state index in [1.807, 2.05) is 0 Å². The van der Waals surface area contributed by atoms with E-state index in [0.717, 1.165) is 0 Å². The van der Waals surface area contributed by atoms with E-state index in [1.165, 1.54) is 24.3 Å². The lowest BCUT2D eigenvalue weighted by Gasteiger charge is -2.00. The molecule has 0 unspecified atom stereocenters. The van der Waals surface area contributed by atoms with Crippen LogP contribution in [0.25, 0.3) is 12.2 Å². The minimum Gasteiger partial charge on any atom is -0.289 e. The highest BCUT2D eigenvalue weighted by atomic mass is 16.6. The van der Waals surface area contributed by atoms with Gasteiger partial charge in [-0.2, -0.15) is 0 Å². The second-order valence-electron chi connectivity index (χ2n) is 5.80. The molecule has 0 bridgehead atoms. The van der Waals surface area contributed by atoms with Gasteiger partial charge in [-0.1, -0.05) is 24.3 Å². The lowest BCUT2D eigenvalue weighted by molar-refractivity contribution is -0.385. The van der Waals surface area contributed by atoms with Crippen LogP contribution in [0.5, 0.6) is 0 Å². The second-order valence-corrected chi connectivity index (χ2v) is 5.80.